The lowest BCUT2D eigenvalue weighted by Crippen LogP contribution is -1.82. The first-order valence-electron chi connectivity index (χ1n) is 2.79. The first-order chi connectivity index (χ1) is 4.16. The van der Waals surface area contributed by atoms with Crippen molar-refractivity contribution in [3.05, 3.63) is 12.2 Å². The molecule has 0 radical (unpaired) electrons. The maximum atomic E-state index is 4.12. The van der Waals surface area contributed by atoms with Crippen molar-refractivity contribution < 1.29 is 0 Å². The highest BCUT2D eigenvalue weighted by atomic mass is 32.1. The topological polar surface area (TPSA) is 12.4 Å². The van der Waals surface area contributed by atoms with E-state index in [1.165, 1.54) is 11.4 Å². The Bertz CT molecular complexity index is 156. The second kappa shape index (κ2) is 4.50. The van der Waals surface area contributed by atoms with Crippen molar-refractivity contribution in [2.24, 2.45) is 4.99 Å². The lowest BCUT2D eigenvalue weighted by Gasteiger charge is -1.87. The van der Waals surface area contributed by atoms with E-state index >= 15 is 0 Å². The standard InChI is InChI=1S/C7H13NS/c1-6(2)5-8-7(3)9-4/h5,9H,1H2,2-4H3. The average molecular weight is 143 g/mol. The van der Waals surface area contributed by atoms with E-state index in [0.29, 0.717) is 0 Å². The van der Waals surface area contributed by atoms with Crippen molar-refractivity contribution in [2.45, 2.75) is 13.8 Å². The van der Waals surface area contributed by atoms with Crippen LogP contribution in [0, 0.1) is 0 Å². The third-order valence-corrected chi connectivity index (χ3v) is 1.56. The van der Waals surface area contributed by atoms with Crippen LogP contribution in [0.25, 0.3) is 0 Å². The van der Waals surface area contributed by atoms with Gasteiger partial charge < -0.3 is 0 Å². The van der Waals surface area contributed by atoms with Gasteiger partial charge in [-0.3, -0.25) is 4.99 Å². The molecule has 0 atom stereocenters. The molecular weight excluding hydrogens is 130 g/mol. The molecular formula is C7H13NS. The van der Waals surface area contributed by atoms with Crippen LogP contribution in [-0.2, 0) is 0 Å². The van der Waals surface area contributed by atoms with Crippen LogP contribution in [0.4, 0.5) is 0 Å². The van der Waals surface area contributed by atoms with Gasteiger partial charge in [-0.2, -0.15) is 11.4 Å². The zero-order valence-corrected chi connectivity index (χ0v) is 7.07. The summed E-state index contributed by atoms with van der Waals surface area (Å²) in [6.07, 6.45) is 3.84. The monoisotopic (exact) mass is 143 g/mol. The van der Waals surface area contributed by atoms with Crippen molar-refractivity contribution in [1.29, 1.82) is 0 Å². The molecule has 52 valence electrons. The van der Waals surface area contributed by atoms with E-state index in [4.69, 9.17) is 0 Å². The van der Waals surface area contributed by atoms with Gasteiger partial charge in [-0.1, -0.05) is 6.58 Å². The summed E-state index contributed by atoms with van der Waals surface area (Å²) < 4.78 is 0. The number of rotatable bonds is 1. The summed E-state index contributed by atoms with van der Waals surface area (Å²) in [6, 6.07) is 0. The minimum atomic E-state index is 0.998. The average Bonchev–Trinajstić information content (AvgIpc) is 1.83. The zero-order chi connectivity index (χ0) is 7.28. The van der Waals surface area contributed by atoms with E-state index in [-0.39, 0.29) is 0 Å². The van der Waals surface area contributed by atoms with E-state index in [1.54, 1.807) is 6.21 Å². The van der Waals surface area contributed by atoms with Gasteiger partial charge in [0.15, 0.2) is 0 Å². The Kier molecular flexibility index (Phi) is 4.32. The zero-order valence-electron chi connectivity index (χ0n) is 6.18. The van der Waals surface area contributed by atoms with Crippen molar-refractivity contribution >= 4 is 22.6 Å². The van der Waals surface area contributed by atoms with Gasteiger partial charge in [0.2, 0.25) is 0 Å². The van der Waals surface area contributed by atoms with Crippen molar-refractivity contribution in [3.8, 4) is 0 Å². The molecule has 0 N–H and O–H groups in total. The van der Waals surface area contributed by atoms with Crippen LogP contribution < -0.4 is 0 Å². The Labute approximate surface area is 60.5 Å². The van der Waals surface area contributed by atoms with E-state index < -0.39 is 0 Å². The smallest absolute Gasteiger partial charge is 0.0578 e. The molecule has 0 spiro atoms. The normalized spacial score (nSPS) is 13.4. The van der Waals surface area contributed by atoms with Gasteiger partial charge in [0, 0.05) is 6.21 Å². The van der Waals surface area contributed by atoms with E-state index in [1.807, 2.05) is 13.8 Å². The summed E-state index contributed by atoms with van der Waals surface area (Å²) in [7, 11) is 0. The van der Waals surface area contributed by atoms with E-state index in [0.717, 1.165) is 10.6 Å². The molecule has 0 amide bonds. The predicted molar refractivity (Wildman–Crippen MR) is 48.9 cm³/mol. The fraction of sp³-hybridized carbons (Fsp3) is 0.429. The summed E-state index contributed by atoms with van der Waals surface area (Å²) in [6.45, 7) is 7.63. The molecule has 0 aliphatic carbocycles. The number of allylic oxidation sites excluding steroid dienone is 1. The number of nitrogens with zero attached hydrogens (tertiary/aromatic N) is 1. The highest BCUT2D eigenvalue weighted by Crippen LogP contribution is 1.87. The molecule has 0 aromatic rings. The molecule has 0 saturated heterocycles. The molecule has 0 rings (SSSR count). The lowest BCUT2D eigenvalue weighted by molar-refractivity contribution is 1.62. The number of aliphatic imine (C=N–C) groups is 1. The lowest BCUT2D eigenvalue weighted by atomic mass is 10.4. The Hall–Kier alpha value is -0.370. The first-order valence-corrected chi connectivity index (χ1v) is 4.14. The van der Waals surface area contributed by atoms with Crippen LogP contribution in [0.5, 0.6) is 0 Å². The van der Waals surface area contributed by atoms with E-state index in [9.17, 15) is 0 Å². The largest absolute Gasteiger partial charge is 0.256 e. The molecule has 0 aliphatic heterocycles. The number of thiol groups is 1. The molecule has 0 fully saturated rings. The highest BCUT2D eigenvalue weighted by Gasteiger charge is 1.76. The molecule has 2 heteroatoms. The molecule has 1 nitrogen and oxygen atoms in total. The summed E-state index contributed by atoms with van der Waals surface area (Å²) in [5.74, 6) is 0. The van der Waals surface area contributed by atoms with Crippen LogP contribution in [0.2, 0.25) is 0 Å². The first kappa shape index (κ1) is 8.63. The molecule has 9 heavy (non-hydrogen) atoms. The van der Waals surface area contributed by atoms with Gasteiger partial charge in [0.05, 0.1) is 4.99 Å². The van der Waals surface area contributed by atoms with Crippen LogP contribution in [-0.4, -0.2) is 17.5 Å². The van der Waals surface area contributed by atoms with Crippen LogP contribution >= 0.6 is 11.4 Å². The van der Waals surface area contributed by atoms with Gasteiger partial charge in [-0.05, 0) is 25.7 Å². The van der Waals surface area contributed by atoms with Crippen molar-refractivity contribution in [1.82, 2.24) is 0 Å². The maximum Gasteiger partial charge on any atom is 0.0578 e. The number of hydrogen-bond donors (Lipinski definition) is 1. The molecule has 0 aliphatic rings. The Balaban J connectivity index is 3.86. The summed E-state index contributed by atoms with van der Waals surface area (Å²) in [5.41, 5.74) is 0.998. The molecule has 0 unspecified atom stereocenters. The Morgan fingerprint density at radius 1 is 1.56 bits per heavy atom. The third-order valence-electron chi connectivity index (χ3n) is 0.795. The molecule has 0 aromatic carbocycles. The van der Waals surface area contributed by atoms with Gasteiger partial charge in [0.25, 0.3) is 0 Å². The highest BCUT2D eigenvalue weighted by molar-refractivity contribution is 7.98. The quantitative estimate of drug-likeness (QED) is 0.327. The van der Waals surface area contributed by atoms with Gasteiger partial charge in [-0.15, -0.1) is 0 Å². The van der Waals surface area contributed by atoms with Gasteiger partial charge >= 0.3 is 0 Å². The van der Waals surface area contributed by atoms with E-state index in [2.05, 4.69) is 17.8 Å². The Morgan fingerprint density at radius 3 is 2.44 bits per heavy atom. The maximum absolute atomic E-state index is 4.12. The second-order valence-electron chi connectivity index (χ2n) is 1.88. The van der Waals surface area contributed by atoms with Crippen LogP contribution in [0.1, 0.15) is 13.8 Å². The van der Waals surface area contributed by atoms with Gasteiger partial charge in [-0.25, -0.2) is 0 Å². The van der Waals surface area contributed by atoms with Crippen LogP contribution in [0.3, 0.4) is 0 Å². The second-order valence-corrected chi connectivity index (χ2v) is 2.97. The third kappa shape index (κ3) is 5.50. The minimum Gasteiger partial charge on any atom is -0.256 e. The summed E-state index contributed by atoms with van der Waals surface area (Å²) >= 11 is 1.23. The van der Waals surface area contributed by atoms with Crippen molar-refractivity contribution in [2.75, 3.05) is 6.26 Å². The fourth-order valence-corrected chi connectivity index (χ4v) is 0.435. The van der Waals surface area contributed by atoms with Crippen LogP contribution in [0.15, 0.2) is 17.1 Å². The minimum absolute atomic E-state index is 0.998. The summed E-state index contributed by atoms with van der Waals surface area (Å²) in [4.78, 5) is 5.25. The molecule has 0 saturated carbocycles. The number of hydrogen-bond acceptors (Lipinski definition) is 0. The molecule has 0 aromatic heterocycles. The Morgan fingerprint density at radius 2 is 2.11 bits per heavy atom. The molecule has 0 heterocycles. The predicted octanol–water partition coefficient (Wildman–Crippen LogP) is 1.88. The summed E-state index contributed by atoms with van der Waals surface area (Å²) in [5, 5.41) is 0. The fourth-order valence-electron chi connectivity index (χ4n) is 0.261. The van der Waals surface area contributed by atoms with Crippen molar-refractivity contribution in [3.63, 3.8) is 0 Å². The molecule has 0 bridgehead atoms. The van der Waals surface area contributed by atoms with Gasteiger partial charge in [0.1, 0.15) is 0 Å². The SMILES string of the molecule is C=C(C)C=N/C(C)=[SH]\C.